The summed E-state index contributed by atoms with van der Waals surface area (Å²) in [7, 11) is 0. The van der Waals surface area contributed by atoms with Crippen LogP contribution in [0.4, 0.5) is 4.79 Å². The maximum absolute atomic E-state index is 13.1. The van der Waals surface area contributed by atoms with Gasteiger partial charge in [-0.25, -0.2) is 14.2 Å². The molecule has 2 unspecified atom stereocenters. The van der Waals surface area contributed by atoms with E-state index >= 15 is 0 Å². The number of amides is 1. The molecule has 2 bridgehead atoms. The van der Waals surface area contributed by atoms with Gasteiger partial charge in [0.05, 0.1) is 28.4 Å². The number of imidazole rings is 1. The number of rotatable bonds is 3. The van der Waals surface area contributed by atoms with Gasteiger partial charge in [0.25, 0.3) is 0 Å². The molecule has 1 aromatic carbocycles. The molecule has 2 aliphatic heterocycles. The van der Waals surface area contributed by atoms with Gasteiger partial charge in [0, 0.05) is 13.0 Å². The van der Waals surface area contributed by atoms with Crippen molar-refractivity contribution < 1.29 is 14.6 Å². The Morgan fingerprint density at radius 3 is 2.93 bits per heavy atom. The van der Waals surface area contributed by atoms with Gasteiger partial charge in [-0.3, -0.25) is 9.47 Å². The Balaban J connectivity index is 1.74. The van der Waals surface area contributed by atoms with Crippen LogP contribution in [0.25, 0.3) is 5.69 Å². The van der Waals surface area contributed by atoms with E-state index < -0.39 is 17.8 Å². The second-order valence-electron chi connectivity index (χ2n) is 7.01. The van der Waals surface area contributed by atoms with Crippen LogP contribution in [0, 0.1) is 30.6 Å². The topological polar surface area (TPSA) is 100 Å². The molecule has 8 nitrogen and oxygen atoms in total. The highest BCUT2D eigenvalue weighted by Crippen LogP contribution is 2.49. The van der Waals surface area contributed by atoms with Crippen LogP contribution in [0.2, 0.25) is 5.02 Å². The van der Waals surface area contributed by atoms with Crippen molar-refractivity contribution in [3.63, 3.8) is 0 Å². The van der Waals surface area contributed by atoms with Crippen molar-refractivity contribution in [3.8, 4) is 30.0 Å². The van der Waals surface area contributed by atoms with E-state index in [4.69, 9.17) is 28.0 Å². The lowest BCUT2D eigenvalue weighted by Crippen LogP contribution is -2.38. The van der Waals surface area contributed by atoms with Crippen molar-refractivity contribution in [1.82, 2.24) is 14.0 Å². The molecule has 1 saturated heterocycles. The summed E-state index contributed by atoms with van der Waals surface area (Å²) >= 11 is 6.23. The van der Waals surface area contributed by atoms with E-state index in [2.05, 4.69) is 5.92 Å². The minimum Gasteiger partial charge on any atom is -0.493 e. The lowest BCUT2D eigenvalue weighted by Gasteiger charge is -2.26. The number of nitriles is 1. The Bertz CT molecular complexity index is 1170. The van der Waals surface area contributed by atoms with Crippen LogP contribution in [0.1, 0.15) is 41.7 Å². The van der Waals surface area contributed by atoms with E-state index in [1.54, 1.807) is 13.0 Å². The number of nitrogens with zero attached hydrogens (tertiary/aromatic N) is 4. The van der Waals surface area contributed by atoms with Gasteiger partial charge < -0.3 is 9.84 Å². The monoisotopic (exact) mass is 412 g/mol. The molecule has 4 rings (SSSR count). The Labute approximate surface area is 171 Å². The highest BCUT2D eigenvalue weighted by molar-refractivity contribution is 6.32. The summed E-state index contributed by atoms with van der Waals surface area (Å²) < 4.78 is 7.87. The molecule has 0 radical (unpaired) electrons. The predicted octanol–water partition coefficient (Wildman–Crippen LogP) is 2.64. The predicted molar refractivity (Wildman–Crippen MR) is 104 cm³/mol. The first kappa shape index (κ1) is 19.0. The van der Waals surface area contributed by atoms with Gasteiger partial charge in [-0.05, 0) is 31.0 Å². The van der Waals surface area contributed by atoms with Gasteiger partial charge in [-0.15, -0.1) is 12.3 Å². The second-order valence-corrected chi connectivity index (χ2v) is 7.38. The van der Waals surface area contributed by atoms with Crippen LogP contribution in [0.15, 0.2) is 16.9 Å². The minimum atomic E-state index is -0.517. The quantitative estimate of drug-likeness (QED) is 0.617. The zero-order valence-corrected chi connectivity index (χ0v) is 16.3. The fourth-order valence-corrected chi connectivity index (χ4v) is 4.35. The Kier molecular flexibility index (Phi) is 4.52. The van der Waals surface area contributed by atoms with E-state index in [-0.39, 0.29) is 29.1 Å². The zero-order chi connectivity index (χ0) is 20.9. The molecule has 0 aliphatic carbocycles. The molecule has 29 heavy (non-hydrogen) atoms. The van der Waals surface area contributed by atoms with Crippen LogP contribution in [0.3, 0.4) is 0 Å². The second kappa shape index (κ2) is 6.91. The first-order valence-electron chi connectivity index (χ1n) is 9.03. The number of terminal acetylenes is 1. The fourth-order valence-electron chi connectivity index (χ4n) is 4.15. The molecule has 2 aromatic rings. The summed E-state index contributed by atoms with van der Waals surface area (Å²) in [4.78, 5) is 27.0. The number of aromatic hydroxyl groups is 1. The summed E-state index contributed by atoms with van der Waals surface area (Å²) in [5.74, 6) is 2.16. The van der Waals surface area contributed by atoms with E-state index in [0.29, 0.717) is 36.3 Å². The number of benzene rings is 1. The molecule has 2 atom stereocenters. The van der Waals surface area contributed by atoms with Crippen molar-refractivity contribution in [1.29, 1.82) is 5.26 Å². The molecule has 2 aliphatic rings. The van der Waals surface area contributed by atoms with Gasteiger partial charge in [0.15, 0.2) is 0 Å². The molecule has 0 saturated carbocycles. The summed E-state index contributed by atoms with van der Waals surface area (Å²) in [5.41, 5.74) is 1.15. The van der Waals surface area contributed by atoms with E-state index in [9.17, 15) is 14.7 Å². The summed E-state index contributed by atoms with van der Waals surface area (Å²) in [6.45, 7) is 2.12. The summed E-state index contributed by atoms with van der Waals surface area (Å²) in [6.07, 6.45) is 5.51. The van der Waals surface area contributed by atoms with Gasteiger partial charge in [0.2, 0.25) is 5.88 Å². The summed E-state index contributed by atoms with van der Waals surface area (Å²) in [6, 6.07) is 4.36. The lowest BCUT2D eigenvalue weighted by atomic mass is 10.1. The first-order valence-corrected chi connectivity index (χ1v) is 9.41. The highest BCUT2D eigenvalue weighted by atomic mass is 35.5. The molecule has 1 aromatic heterocycles. The van der Waals surface area contributed by atoms with Gasteiger partial charge in [0.1, 0.15) is 18.4 Å². The standard InChI is InChI=1S/C20H17ClN4O4/c1-3-4-7-29-20(28)23-10-13-8-15(23)17-18(26)25(19(27)24(13)17)14-6-5-12(9-22)16(21)11(14)2/h1,5-6,13,15,26H,4,7-8,10H2,2H3. The normalized spacial score (nSPS) is 19.0. The Morgan fingerprint density at radius 1 is 1.48 bits per heavy atom. The lowest BCUT2D eigenvalue weighted by molar-refractivity contribution is 0.0946. The third-order valence-electron chi connectivity index (χ3n) is 5.48. The maximum Gasteiger partial charge on any atom is 0.410 e. The maximum atomic E-state index is 13.1. The highest BCUT2D eigenvalue weighted by Gasteiger charge is 2.49. The minimum absolute atomic E-state index is 0.117. The molecule has 3 heterocycles. The average Bonchev–Trinajstić information content (AvgIpc) is 3.36. The number of hydrogen-bond acceptors (Lipinski definition) is 5. The Morgan fingerprint density at radius 2 is 2.24 bits per heavy atom. The number of carbonyl (C=O) groups is 1. The third-order valence-corrected chi connectivity index (χ3v) is 5.97. The van der Waals surface area contributed by atoms with E-state index in [1.165, 1.54) is 20.1 Å². The van der Waals surface area contributed by atoms with Gasteiger partial charge in [-0.1, -0.05) is 11.6 Å². The number of likely N-dealkylation sites (tertiary alicyclic amines) is 1. The Hall–Kier alpha value is -3.36. The van der Waals surface area contributed by atoms with Gasteiger partial charge >= 0.3 is 11.8 Å². The van der Waals surface area contributed by atoms with Crippen molar-refractivity contribution in [3.05, 3.63) is 44.5 Å². The van der Waals surface area contributed by atoms with Crippen LogP contribution < -0.4 is 5.69 Å². The van der Waals surface area contributed by atoms with Gasteiger partial charge in [-0.2, -0.15) is 5.26 Å². The van der Waals surface area contributed by atoms with Crippen LogP contribution in [-0.2, 0) is 4.74 Å². The molecule has 1 fully saturated rings. The molecular weight excluding hydrogens is 396 g/mol. The zero-order valence-electron chi connectivity index (χ0n) is 15.6. The number of hydrogen-bond donors (Lipinski definition) is 1. The number of fused-ring (bicyclic) bond motifs is 5. The third kappa shape index (κ3) is 2.68. The van der Waals surface area contributed by atoms with Crippen molar-refractivity contribution in [2.45, 2.75) is 31.8 Å². The molecular formula is C20H17ClN4O4. The van der Waals surface area contributed by atoms with Crippen molar-refractivity contribution >= 4 is 17.7 Å². The van der Waals surface area contributed by atoms with Crippen LogP contribution in [-0.4, -0.2) is 38.4 Å². The van der Waals surface area contributed by atoms with E-state index in [1.807, 2.05) is 6.07 Å². The van der Waals surface area contributed by atoms with Crippen LogP contribution in [0.5, 0.6) is 5.88 Å². The van der Waals surface area contributed by atoms with E-state index in [0.717, 1.165) is 0 Å². The van der Waals surface area contributed by atoms with Crippen LogP contribution >= 0.6 is 11.6 Å². The smallest absolute Gasteiger partial charge is 0.410 e. The molecule has 1 amide bonds. The molecule has 9 heteroatoms. The van der Waals surface area contributed by atoms with Crippen molar-refractivity contribution in [2.75, 3.05) is 13.2 Å². The van der Waals surface area contributed by atoms with Crippen molar-refractivity contribution in [2.24, 2.45) is 0 Å². The number of halogens is 1. The largest absolute Gasteiger partial charge is 0.493 e. The number of aromatic nitrogens is 2. The number of carbonyl (C=O) groups excluding carboxylic acids is 1. The molecule has 0 spiro atoms. The molecule has 1 N–H and O–H groups in total. The SMILES string of the molecule is C#CCCOC(=O)N1CC2CC1c1c(O)n(-c3ccc(C#N)c(Cl)c3C)c(=O)n12. The fraction of sp³-hybridized carbons (Fsp3) is 0.350. The summed E-state index contributed by atoms with van der Waals surface area (Å²) in [5, 5.41) is 20.2. The first-order chi connectivity index (χ1) is 13.9. The number of ether oxygens (including phenoxy) is 1. The molecule has 148 valence electrons. The average molecular weight is 413 g/mol.